The molecule has 0 saturated carbocycles. The number of hydrogen-bond acceptors (Lipinski definition) is 8. The van der Waals surface area contributed by atoms with Gasteiger partial charge in [0.05, 0.1) is 26.4 Å². The molecule has 344 valence electrons. The summed E-state index contributed by atoms with van der Waals surface area (Å²) in [5, 5.41) is 18.4. The van der Waals surface area contributed by atoms with Gasteiger partial charge >= 0.3 is 13.8 Å². The van der Waals surface area contributed by atoms with Crippen molar-refractivity contribution in [1.29, 1.82) is 0 Å². The first-order valence-corrected chi connectivity index (χ1v) is 25.8. The fourth-order valence-electron chi connectivity index (χ4n) is 6.90. The van der Waals surface area contributed by atoms with E-state index in [1.807, 2.05) is 0 Å². The van der Waals surface area contributed by atoms with Crippen LogP contribution in [0.2, 0.25) is 0 Å². The van der Waals surface area contributed by atoms with Crippen molar-refractivity contribution in [2.45, 2.75) is 244 Å². The van der Waals surface area contributed by atoms with Crippen LogP contribution in [0.25, 0.3) is 0 Å². The zero-order valence-corrected chi connectivity index (χ0v) is 38.7. The number of unbranched alkanes of at least 4 members (excludes halogenated alkanes) is 29. The van der Waals surface area contributed by atoms with E-state index in [2.05, 4.69) is 38.2 Å². The lowest BCUT2D eigenvalue weighted by molar-refractivity contribution is -0.154. The van der Waals surface area contributed by atoms with Gasteiger partial charge in [0.15, 0.2) is 0 Å². The van der Waals surface area contributed by atoms with Crippen LogP contribution in [0.5, 0.6) is 0 Å². The second-order valence-corrected chi connectivity index (χ2v) is 17.9. The molecular weight excluding hydrogens is 751 g/mol. The first kappa shape index (κ1) is 56.9. The number of ether oxygens (including phenoxy) is 2. The summed E-state index contributed by atoms with van der Waals surface area (Å²) in [5.74, 6) is -0.381. The number of phosphoric acid groups is 1. The van der Waals surface area contributed by atoms with Gasteiger partial charge in [-0.2, -0.15) is 0 Å². The van der Waals surface area contributed by atoms with Crippen molar-refractivity contribution < 1.29 is 43.0 Å². The minimum atomic E-state index is -4.52. The molecule has 0 aliphatic rings. The van der Waals surface area contributed by atoms with E-state index in [0.717, 1.165) is 51.4 Å². The largest absolute Gasteiger partial charge is 0.472 e. The van der Waals surface area contributed by atoms with Crippen molar-refractivity contribution in [3.8, 4) is 0 Å². The molecule has 3 atom stereocenters. The van der Waals surface area contributed by atoms with Crippen LogP contribution in [0.4, 0.5) is 0 Å². The lowest BCUT2D eigenvalue weighted by Gasteiger charge is -2.20. The Kier molecular flexibility index (Phi) is 44.6. The number of carbonyl (C=O) groups excluding carboxylic acids is 1. The molecule has 0 spiro atoms. The van der Waals surface area contributed by atoms with Gasteiger partial charge in [0.25, 0.3) is 0 Å². The molecule has 0 fully saturated rings. The Bertz CT molecular complexity index is 959. The summed E-state index contributed by atoms with van der Waals surface area (Å²) in [6, 6.07) is 0. The number of aliphatic hydroxyl groups excluding tert-OH is 2. The van der Waals surface area contributed by atoms with Gasteiger partial charge in [-0.25, -0.2) is 4.57 Å². The normalized spacial score (nSPS) is 14.1. The molecule has 0 radical (unpaired) electrons. The summed E-state index contributed by atoms with van der Waals surface area (Å²) in [4.78, 5) is 22.6. The van der Waals surface area contributed by atoms with Gasteiger partial charge < -0.3 is 24.6 Å². The molecule has 0 rings (SSSR count). The van der Waals surface area contributed by atoms with E-state index in [0.29, 0.717) is 6.61 Å². The van der Waals surface area contributed by atoms with Gasteiger partial charge in [-0.3, -0.25) is 13.8 Å². The highest BCUT2D eigenvalue weighted by Crippen LogP contribution is 2.43. The fraction of sp³-hybridized carbons (Fsp3) is 0.896. The topological polar surface area (TPSA) is 132 Å². The number of esters is 1. The number of carbonyl (C=O) groups is 1. The van der Waals surface area contributed by atoms with E-state index in [-0.39, 0.29) is 25.6 Å². The van der Waals surface area contributed by atoms with Crippen LogP contribution in [0.15, 0.2) is 24.3 Å². The molecule has 0 bridgehead atoms. The molecule has 0 aromatic rings. The second-order valence-electron chi connectivity index (χ2n) is 16.5. The van der Waals surface area contributed by atoms with Crippen LogP contribution in [0, 0.1) is 0 Å². The van der Waals surface area contributed by atoms with Crippen molar-refractivity contribution >= 4 is 13.8 Å². The molecule has 0 heterocycles. The van der Waals surface area contributed by atoms with Crippen molar-refractivity contribution in [2.75, 3.05) is 33.0 Å². The van der Waals surface area contributed by atoms with Gasteiger partial charge in [0.1, 0.15) is 12.2 Å². The van der Waals surface area contributed by atoms with Gasteiger partial charge in [0.2, 0.25) is 0 Å². The molecule has 10 heteroatoms. The highest BCUT2D eigenvalue weighted by Gasteiger charge is 2.26. The average Bonchev–Trinajstić information content (AvgIpc) is 3.21. The summed E-state index contributed by atoms with van der Waals surface area (Å²) >= 11 is 0. The summed E-state index contributed by atoms with van der Waals surface area (Å²) in [7, 11) is -4.52. The van der Waals surface area contributed by atoms with E-state index in [4.69, 9.17) is 23.6 Å². The van der Waals surface area contributed by atoms with Crippen molar-refractivity contribution in [3.63, 3.8) is 0 Å². The van der Waals surface area contributed by atoms with Gasteiger partial charge in [0, 0.05) is 13.0 Å². The van der Waals surface area contributed by atoms with Crippen LogP contribution in [0.3, 0.4) is 0 Å². The summed E-state index contributed by atoms with van der Waals surface area (Å²) in [6.07, 6.45) is 48.6. The van der Waals surface area contributed by atoms with Gasteiger partial charge in [-0.05, 0) is 38.5 Å². The van der Waals surface area contributed by atoms with Crippen LogP contribution < -0.4 is 0 Å². The molecule has 0 aliphatic heterocycles. The highest BCUT2D eigenvalue weighted by atomic mass is 31.2. The lowest BCUT2D eigenvalue weighted by atomic mass is 10.0. The minimum absolute atomic E-state index is 0.0461. The Balaban J connectivity index is 4.05. The van der Waals surface area contributed by atoms with Crippen molar-refractivity contribution in [2.24, 2.45) is 0 Å². The molecular formula is C48H93O9P. The summed E-state index contributed by atoms with van der Waals surface area (Å²) in [5.41, 5.74) is 0. The molecule has 0 aliphatic carbocycles. The lowest BCUT2D eigenvalue weighted by Crippen LogP contribution is -2.29. The monoisotopic (exact) mass is 845 g/mol. The van der Waals surface area contributed by atoms with Gasteiger partial charge in [-0.1, -0.05) is 212 Å². The number of phosphoric ester groups is 1. The SMILES string of the molecule is CCCC/C=C\C/C=C\CCCCCCCCOCC(COP(=O)(O)OCC(O)CO)OC(=O)CCCCCCCCCCCCCCCCCCCCCCCC. The minimum Gasteiger partial charge on any atom is -0.457 e. The number of aliphatic hydroxyl groups is 2. The van der Waals surface area contributed by atoms with E-state index >= 15 is 0 Å². The predicted octanol–water partition coefficient (Wildman–Crippen LogP) is 13.8. The first-order valence-electron chi connectivity index (χ1n) is 24.3. The van der Waals surface area contributed by atoms with Crippen LogP contribution in [-0.4, -0.2) is 66.3 Å². The van der Waals surface area contributed by atoms with Crippen LogP contribution in [-0.2, 0) is 27.9 Å². The maximum absolute atomic E-state index is 12.7. The fourth-order valence-corrected chi connectivity index (χ4v) is 7.69. The molecule has 3 N–H and O–H groups in total. The van der Waals surface area contributed by atoms with E-state index in [1.165, 1.54) is 161 Å². The number of allylic oxidation sites excluding steroid dienone is 4. The van der Waals surface area contributed by atoms with E-state index < -0.39 is 33.2 Å². The second kappa shape index (κ2) is 45.5. The summed E-state index contributed by atoms with van der Waals surface area (Å²) in [6.45, 7) is 3.50. The van der Waals surface area contributed by atoms with Crippen molar-refractivity contribution in [1.82, 2.24) is 0 Å². The molecule has 0 saturated heterocycles. The van der Waals surface area contributed by atoms with E-state index in [1.54, 1.807) is 0 Å². The third kappa shape index (κ3) is 44.5. The number of hydrogen-bond donors (Lipinski definition) is 3. The highest BCUT2D eigenvalue weighted by molar-refractivity contribution is 7.47. The molecule has 0 aromatic heterocycles. The predicted molar refractivity (Wildman–Crippen MR) is 242 cm³/mol. The Labute approximate surface area is 357 Å². The van der Waals surface area contributed by atoms with Crippen LogP contribution in [0.1, 0.15) is 232 Å². The maximum atomic E-state index is 12.7. The average molecular weight is 845 g/mol. The molecule has 58 heavy (non-hydrogen) atoms. The Morgan fingerprint density at radius 2 is 0.948 bits per heavy atom. The Hall–Kier alpha value is -1.06. The zero-order valence-electron chi connectivity index (χ0n) is 37.8. The smallest absolute Gasteiger partial charge is 0.457 e. The standard InChI is InChI=1S/C48H93O9P/c1-3-5-7-9-11-13-15-17-19-20-21-22-23-24-25-26-28-30-32-34-36-38-40-48(51)57-47(45-56-58(52,53)55-43-46(50)42-49)44-54-41-39-37-35-33-31-29-27-18-16-14-12-10-8-6-4-2/h10,12,16,18,46-47,49-50H,3-9,11,13-15,17,19-45H2,1-2H3,(H,52,53)/b12-10-,18-16-. The molecule has 3 unspecified atom stereocenters. The molecule has 0 aromatic carbocycles. The first-order chi connectivity index (χ1) is 28.3. The van der Waals surface area contributed by atoms with Crippen molar-refractivity contribution in [3.05, 3.63) is 24.3 Å². The molecule has 9 nitrogen and oxygen atoms in total. The number of rotatable bonds is 47. The Morgan fingerprint density at radius 3 is 1.43 bits per heavy atom. The third-order valence-electron chi connectivity index (χ3n) is 10.6. The van der Waals surface area contributed by atoms with Gasteiger partial charge in [-0.15, -0.1) is 0 Å². The zero-order chi connectivity index (χ0) is 42.5. The van der Waals surface area contributed by atoms with E-state index in [9.17, 15) is 19.4 Å². The molecule has 0 amide bonds. The third-order valence-corrected chi connectivity index (χ3v) is 11.6. The Morgan fingerprint density at radius 1 is 0.534 bits per heavy atom. The maximum Gasteiger partial charge on any atom is 0.472 e. The quantitative estimate of drug-likeness (QED) is 0.0237. The van der Waals surface area contributed by atoms with Crippen LogP contribution >= 0.6 is 7.82 Å². The summed E-state index contributed by atoms with van der Waals surface area (Å²) < 4.78 is 33.4.